The summed E-state index contributed by atoms with van der Waals surface area (Å²) in [5.41, 5.74) is 0. The molecule has 0 fully saturated rings. The number of hydrogen-bond donors (Lipinski definition) is 3. The molecule has 8 nitrogen and oxygen atoms in total. The minimum Gasteiger partial charge on any atom is -0.387 e. The third kappa shape index (κ3) is 27.1. The highest BCUT2D eigenvalue weighted by atomic mass is 31.2. The van der Waals surface area contributed by atoms with Crippen molar-refractivity contribution in [1.29, 1.82) is 0 Å². The molecule has 0 aliphatic heterocycles. The van der Waals surface area contributed by atoms with Crippen LogP contribution in [0.3, 0.4) is 0 Å². The van der Waals surface area contributed by atoms with E-state index in [0.29, 0.717) is 17.4 Å². The number of aliphatic hydroxyl groups is 1. The topological polar surface area (TPSA) is 105 Å². The van der Waals surface area contributed by atoms with Gasteiger partial charge in [0.1, 0.15) is 13.2 Å². The first-order valence-corrected chi connectivity index (χ1v) is 17.2. The number of aliphatic hydroxyl groups excluding tert-OH is 1. The van der Waals surface area contributed by atoms with Crippen LogP contribution in [0, 0.1) is 0 Å². The van der Waals surface area contributed by atoms with Crippen molar-refractivity contribution in [3.8, 4) is 0 Å². The molecule has 3 N–H and O–H groups in total. The summed E-state index contributed by atoms with van der Waals surface area (Å²) in [4.78, 5) is 22.7. The van der Waals surface area contributed by atoms with Crippen LogP contribution in [0.25, 0.3) is 0 Å². The average Bonchev–Trinajstić information content (AvgIpc) is 2.92. The van der Waals surface area contributed by atoms with Crippen LogP contribution in [0.1, 0.15) is 90.9 Å². The van der Waals surface area contributed by atoms with Crippen LogP contribution in [-0.2, 0) is 18.4 Å². The van der Waals surface area contributed by atoms with E-state index < -0.39 is 20.0 Å². The highest BCUT2D eigenvalue weighted by molar-refractivity contribution is 7.47. The Bertz CT molecular complexity index is 876. The molecule has 9 heteroatoms. The minimum absolute atomic E-state index is 0.0465. The van der Waals surface area contributed by atoms with E-state index in [-0.39, 0.29) is 19.1 Å². The molecular weight excluding hydrogens is 551 g/mol. The Kier molecular flexibility index (Phi) is 24.6. The average molecular weight is 612 g/mol. The van der Waals surface area contributed by atoms with Crippen molar-refractivity contribution in [3.05, 3.63) is 60.8 Å². The quantitative estimate of drug-likeness (QED) is 0.0414. The Morgan fingerprint density at radius 1 is 0.833 bits per heavy atom. The van der Waals surface area contributed by atoms with Crippen molar-refractivity contribution in [2.45, 2.75) is 103 Å². The Hall–Kier alpha value is -1.80. The van der Waals surface area contributed by atoms with E-state index in [9.17, 15) is 19.4 Å². The van der Waals surface area contributed by atoms with Gasteiger partial charge in [-0.05, 0) is 57.8 Å². The van der Waals surface area contributed by atoms with Gasteiger partial charge in [0, 0.05) is 6.42 Å². The summed E-state index contributed by atoms with van der Waals surface area (Å²) in [6.07, 6.45) is 30.3. The van der Waals surface area contributed by atoms with E-state index in [1.807, 2.05) is 27.2 Å². The zero-order valence-electron chi connectivity index (χ0n) is 27.0. The highest BCUT2D eigenvalue weighted by Gasteiger charge is 2.27. The van der Waals surface area contributed by atoms with E-state index in [1.54, 1.807) is 6.08 Å². The largest absolute Gasteiger partial charge is 0.472 e. The van der Waals surface area contributed by atoms with E-state index >= 15 is 0 Å². The monoisotopic (exact) mass is 611 g/mol. The summed E-state index contributed by atoms with van der Waals surface area (Å²) >= 11 is 0. The predicted molar refractivity (Wildman–Crippen MR) is 175 cm³/mol. The second kappa shape index (κ2) is 25.7. The maximum atomic E-state index is 12.6. The first-order chi connectivity index (χ1) is 20.0. The molecule has 3 atom stereocenters. The van der Waals surface area contributed by atoms with Gasteiger partial charge in [-0.1, -0.05) is 87.4 Å². The number of quaternary nitrogens is 1. The number of carbonyl (C=O) groups excluding carboxylic acids is 1. The lowest BCUT2D eigenvalue weighted by molar-refractivity contribution is -0.870. The molecule has 0 radical (unpaired) electrons. The van der Waals surface area contributed by atoms with Gasteiger partial charge < -0.3 is 19.8 Å². The van der Waals surface area contributed by atoms with E-state index in [0.717, 1.165) is 70.6 Å². The molecule has 0 bridgehead atoms. The predicted octanol–water partition coefficient (Wildman–Crippen LogP) is 7.17. The molecule has 0 spiro atoms. The van der Waals surface area contributed by atoms with Crippen LogP contribution in [0.4, 0.5) is 0 Å². The lowest BCUT2D eigenvalue weighted by atomic mass is 10.1. The van der Waals surface area contributed by atoms with Crippen LogP contribution < -0.4 is 5.32 Å². The number of allylic oxidation sites excluding steroid dienone is 9. The first-order valence-electron chi connectivity index (χ1n) is 15.7. The maximum Gasteiger partial charge on any atom is 0.472 e. The van der Waals surface area contributed by atoms with Crippen molar-refractivity contribution in [2.75, 3.05) is 40.9 Å². The third-order valence-electron chi connectivity index (χ3n) is 6.20. The zero-order valence-corrected chi connectivity index (χ0v) is 27.9. The summed E-state index contributed by atoms with van der Waals surface area (Å²) < 4.78 is 23.2. The number of phosphoric ester groups is 1. The lowest BCUT2D eigenvalue weighted by Crippen LogP contribution is -2.45. The van der Waals surface area contributed by atoms with E-state index in [2.05, 4.69) is 67.8 Å². The number of nitrogens with one attached hydrogen (secondary N) is 1. The van der Waals surface area contributed by atoms with Crippen molar-refractivity contribution in [3.63, 3.8) is 0 Å². The molecule has 3 unspecified atom stereocenters. The molecule has 0 aromatic heterocycles. The number of rotatable bonds is 26. The summed E-state index contributed by atoms with van der Waals surface area (Å²) in [7, 11) is 1.51. The molecule has 1 amide bonds. The van der Waals surface area contributed by atoms with Gasteiger partial charge in [0.25, 0.3) is 0 Å². The molecule has 0 rings (SSSR count). The Balaban J connectivity index is 4.69. The highest BCUT2D eigenvalue weighted by Crippen LogP contribution is 2.43. The summed E-state index contributed by atoms with van der Waals surface area (Å²) in [5.74, 6) is -0.227. The number of likely N-dealkylation sites (N-methyl/N-ethyl adjacent to an activating group) is 1. The maximum absolute atomic E-state index is 12.6. The molecule has 0 saturated carbocycles. The van der Waals surface area contributed by atoms with Crippen molar-refractivity contribution < 1.29 is 32.9 Å². The molecular formula is C33H60N2O6P+. The van der Waals surface area contributed by atoms with Crippen LogP contribution in [0.2, 0.25) is 0 Å². The normalized spacial score (nSPS) is 15.9. The van der Waals surface area contributed by atoms with Gasteiger partial charge in [-0.2, -0.15) is 0 Å². The molecule has 242 valence electrons. The number of nitrogens with zero attached hydrogens (tertiary/aromatic N) is 1. The number of hydrogen-bond acceptors (Lipinski definition) is 5. The summed E-state index contributed by atoms with van der Waals surface area (Å²) in [6, 6.07) is -0.875. The number of amides is 1. The van der Waals surface area contributed by atoms with Gasteiger partial charge in [0.05, 0.1) is 39.9 Å². The van der Waals surface area contributed by atoms with Gasteiger partial charge in [-0.15, -0.1) is 0 Å². The van der Waals surface area contributed by atoms with Gasteiger partial charge in [0.15, 0.2) is 0 Å². The zero-order chi connectivity index (χ0) is 31.5. The number of unbranched alkanes of at least 4 members (excludes halogenated alkanes) is 5. The Morgan fingerprint density at radius 2 is 1.45 bits per heavy atom. The molecule has 0 aliphatic rings. The van der Waals surface area contributed by atoms with Crippen molar-refractivity contribution >= 4 is 13.7 Å². The standard InChI is InChI=1S/C33H59N2O6P/c1-6-8-10-12-14-15-16-17-18-19-21-23-25-27-33(37)34-31(32(36)26-24-22-20-13-11-9-7-2)30-41-42(38,39)40-29-28-35(3,4)5/h8,10-11,13-15,17-18,24,26,31-32,36H,6-7,9,12,16,19-23,25,27-30H2,1-5H3,(H-,34,37,38,39)/p+1/b10-8-,13-11+,15-14-,18-17-,26-24+. The summed E-state index contributed by atoms with van der Waals surface area (Å²) in [6.45, 7) is 4.48. The molecule has 0 aromatic rings. The minimum atomic E-state index is -4.33. The van der Waals surface area contributed by atoms with Gasteiger partial charge in [0.2, 0.25) is 5.91 Å². The molecule has 0 heterocycles. The third-order valence-corrected chi connectivity index (χ3v) is 7.19. The van der Waals surface area contributed by atoms with E-state index in [1.165, 1.54) is 0 Å². The second-order valence-corrected chi connectivity index (χ2v) is 12.9. The molecule has 0 aliphatic carbocycles. The Labute approximate surface area is 256 Å². The fourth-order valence-corrected chi connectivity index (χ4v) is 4.40. The SMILES string of the molecule is CC/C=C\C/C=C\C/C=C\CCCCCC(=O)NC(COP(=O)(O)OCC[N+](C)(C)C)C(O)/C=C/CC/C=C/CCC. The van der Waals surface area contributed by atoms with Crippen LogP contribution in [0.15, 0.2) is 60.8 Å². The molecule has 42 heavy (non-hydrogen) atoms. The van der Waals surface area contributed by atoms with Gasteiger partial charge >= 0.3 is 7.82 Å². The fourth-order valence-electron chi connectivity index (χ4n) is 3.66. The van der Waals surface area contributed by atoms with Crippen LogP contribution in [0.5, 0.6) is 0 Å². The van der Waals surface area contributed by atoms with Crippen molar-refractivity contribution in [2.24, 2.45) is 0 Å². The lowest BCUT2D eigenvalue weighted by Gasteiger charge is -2.25. The second-order valence-electron chi connectivity index (χ2n) is 11.4. The molecule has 0 aromatic carbocycles. The van der Waals surface area contributed by atoms with Crippen molar-refractivity contribution in [1.82, 2.24) is 5.32 Å². The number of carbonyl (C=O) groups is 1. The summed E-state index contributed by atoms with van der Waals surface area (Å²) in [5, 5.41) is 13.5. The fraction of sp³-hybridized carbons (Fsp3) is 0.667. The first kappa shape index (κ1) is 40.2. The van der Waals surface area contributed by atoms with Gasteiger partial charge in [-0.25, -0.2) is 4.57 Å². The number of phosphoric acid groups is 1. The van der Waals surface area contributed by atoms with E-state index in [4.69, 9.17) is 9.05 Å². The van der Waals surface area contributed by atoms with Gasteiger partial charge in [-0.3, -0.25) is 13.8 Å². The van der Waals surface area contributed by atoms with Crippen LogP contribution >= 0.6 is 7.82 Å². The smallest absolute Gasteiger partial charge is 0.387 e. The Morgan fingerprint density at radius 3 is 2.12 bits per heavy atom. The van der Waals surface area contributed by atoms with Crippen LogP contribution in [-0.4, -0.2) is 73.4 Å². The molecule has 0 saturated heterocycles.